The number of rotatable bonds is 4. The van der Waals surface area contributed by atoms with Gasteiger partial charge in [0.15, 0.2) is 12.4 Å². The molecule has 3 heterocycles. The molecule has 1 aliphatic heterocycles. The van der Waals surface area contributed by atoms with Gasteiger partial charge in [-0.25, -0.2) is 4.57 Å². The Kier molecular flexibility index (Phi) is 5.52. The van der Waals surface area contributed by atoms with Crippen LogP contribution in [0.25, 0.3) is 23.1 Å². The molecule has 1 aromatic carbocycles. The van der Waals surface area contributed by atoms with E-state index in [-0.39, 0.29) is 5.91 Å². The molecule has 1 saturated heterocycles. The van der Waals surface area contributed by atoms with Crippen molar-refractivity contribution in [1.82, 2.24) is 9.47 Å². The number of likely N-dealkylation sites (tertiary alicyclic amines) is 1. The smallest absolute Gasteiger partial charge is 0.242 e. The van der Waals surface area contributed by atoms with Crippen molar-refractivity contribution in [2.75, 3.05) is 13.1 Å². The highest BCUT2D eigenvalue weighted by atomic mass is 16.2. The molecule has 0 unspecified atom stereocenters. The summed E-state index contributed by atoms with van der Waals surface area (Å²) in [5, 5.41) is 1.20. The monoisotopic (exact) mass is 388 g/mol. The largest absolute Gasteiger partial charge is 0.341 e. The lowest BCUT2D eigenvalue weighted by atomic mass is 9.99. The third-order valence-electron chi connectivity index (χ3n) is 6.16. The summed E-state index contributed by atoms with van der Waals surface area (Å²) in [5.74, 6) is 0.956. The number of carbonyl (C=O) groups is 1. The number of amides is 1. The molecule has 0 spiro atoms. The van der Waals surface area contributed by atoms with Gasteiger partial charge >= 0.3 is 0 Å². The summed E-state index contributed by atoms with van der Waals surface area (Å²) >= 11 is 0. The van der Waals surface area contributed by atoms with Crippen LogP contribution in [0.5, 0.6) is 0 Å². The van der Waals surface area contributed by atoms with E-state index in [9.17, 15) is 4.79 Å². The van der Waals surface area contributed by atoms with E-state index in [2.05, 4.69) is 67.0 Å². The van der Waals surface area contributed by atoms with Gasteiger partial charge in [0.1, 0.15) is 13.6 Å². The normalized spacial score (nSPS) is 15.5. The third kappa shape index (κ3) is 4.12. The highest BCUT2D eigenvalue weighted by Gasteiger charge is 2.22. The first-order valence-electron chi connectivity index (χ1n) is 10.5. The summed E-state index contributed by atoms with van der Waals surface area (Å²) in [4.78, 5) is 15.0. The number of aryl methyl sites for hydroxylation is 1. The Bertz CT molecular complexity index is 1040. The van der Waals surface area contributed by atoms with Gasteiger partial charge in [-0.15, -0.1) is 0 Å². The second-order valence-electron chi connectivity index (χ2n) is 8.30. The molecule has 1 aliphatic rings. The standard InChI is InChI=1S/C25H30N3O/c1-19-10-16-27(17-11-19)25(29)18-28-20(2)22(23-6-4-5-7-24(23)28)9-8-21-12-14-26(3)15-13-21/h4-9,12-15,19H,10-11,16-18H2,1-3H3/q+1. The second kappa shape index (κ2) is 8.24. The molecule has 1 fully saturated rings. The van der Waals surface area contributed by atoms with Crippen molar-refractivity contribution in [2.45, 2.75) is 33.2 Å². The van der Waals surface area contributed by atoms with E-state index in [0.717, 1.165) is 48.6 Å². The van der Waals surface area contributed by atoms with Gasteiger partial charge in [-0.3, -0.25) is 4.79 Å². The fraction of sp³-hybridized carbons (Fsp3) is 0.360. The third-order valence-corrected chi connectivity index (χ3v) is 6.16. The molecule has 3 aromatic rings. The van der Waals surface area contributed by atoms with Crippen molar-refractivity contribution < 1.29 is 9.36 Å². The van der Waals surface area contributed by atoms with Crippen molar-refractivity contribution in [2.24, 2.45) is 13.0 Å². The van der Waals surface area contributed by atoms with Gasteiger partial charge < -0.3 is 9.47 Å². The van der Waals surface area contributed by atoms with Gasteiger partial charge in [0, 0.05) is 47.4 Å². The van der Waals surface area contributed by atoms with Gasteiger partial charge in [0.05, 0.1) is 0 Å². The zero-order chi connectivity index (χ0) is 20.4. The summed E-state index contributed by atoms with van der Waals surface area (Å²) in [6, 6.07) is 12.6. The van der Waals surface area contributed by atoms with Crippen LogP contribution in [0.15, 0.2) is 48.8 Å². The number of para-hydroxylation sites is 1. The fourth-order valence-corrected chi connectivity index (χ4v) is 4.17. The average molecular weight is 389 g/mol. The summed E-state index contributed by atoms with van der Waals surface area (Å²) < 4.78 is 4.21. The molecular formula is C25H30N3O+. The predicted octanol–water partition coefficient (Wildman–Crippen LogP) is 4.20. The second-order valence-corrected chi connectivity index (χ2v) is 8.30. The number of aromatic nitrogens is 2. The van der Waals surface area contributed by atoms with Crippen LogP contribution in [0.2, 0.25) is 0 Å². The Hall–Kier alpha value is -2.88. The molecule has 1 amide bonds. The lowest BCUT2D eigenvalue weighted by Gasteiger charge is -2.30. The van der Waals surface area contributed by atoms with E-state index in [1.54, 1.807) is 0 Å². The molecule has 4 rings (SSSR count). The number of pyridine rings is 1. The number of nitrogens with zero attached hydrogens (tertiary/aromatic N) is 3. The molecule has 0 atom stereocenters. The van der Waals surface area contributed by atoms with Crippen molar-refractivity contribution in [3.05, 3.63) is 65.6 Å². The summed E-state index contributed by atoms with van der Waals surface area (Å²) in [6.45, 7) is 6.58. The van der Waals surface area contributed by atoms with Crippen LogP contribution in [0, 0.1) is 12.8 Å². The van der Waals surface area contributed by atoms with Crippen LogP contribution in [0.3, 0.4) is 0 Å². The van der Waals surface area contributed by atoms with Crippen LogP contribution in [-0.4, -0.2) is 28.5 Å². The minimum atomic E-state index is 0.229. The van der Waals surface area contributed by atoms with Crippen LogP contribution in [0.4, 0.5) is 0 Å². The van der Waals surface area contributed by atoms with Crippen molar-refractivity contribution in [1.29, 1.82) is 0 Å². The molecule has 150 valence electrons. The quantitative estimate of drug-likeness (QED) is 0.616. The SMILES string of the molecule is Cc1c(/C=C/c2cc[n+](C)cc2)c2ccccc2n1CC(=O)N1CCC(C)CC1. The topological polar surface area (TPSA) is 29.1 Å². The number of piperidine rings is 1. The Morgan fingerprint density at radius 3 is 2.52 bits per heavy atom. The first-order valence-corrected chi connectivity index (χ1v) is 10.5. The molecule has 0 saturated carbocycles. The van der Waals surface area contributed by atoms with Crippen LogP contribution in [0.1, 0.15) is 36.6 Å². The number of benzene rings is 1. The Morgan fingerprint density at radius 2 is 1.79 bits per heavy atom. The predicted molar refractivity (Wildman–Crippen MR) is 118 cm³/mol. The fourth-order valence-electron chi connectivity index (χ4n) is 4.17. The van der Waals surface area contributed by atoms with Gasteiger partial charge in [0.25, 0.3) is 0 Å². The molecule has 0 radical (unpaired) electrons. The van der Waals surface area contributed by atoms with E-state index in [4.69, 9.17) is 0 Å². The number of fused-ring (bicyclic) bond motifs is 1. The van der Waals surface area contributed by atoms with Gasteiger partial charge in [-0.2, -0.15) is 0 Å². The maximum absolute atomic E-state index is 13.0. The Balaban J connectivity index is 1.64. The van der Waals surface area contributed by atoms with Crippen molar-refractivity contribution in [3.8, 4) is 0 Å². The molecule has 0 N–H and O–H groups in total. The number of hydrogen-bond acceptors (Lipinski definition) is 1. The van der Waals surface area contributed by atoms with Gasteiger partial charge in [-0.1, -0.05) is 37.3 Å². The average Bonchev–Trinajstić information content (AvgIpc) is 2.99. The van der Waals surface area contributed by atoms with Crippen molar-refractivity contribution in [3.63, 3.8) is 0 Å². The summed E-state index contributed by atoms with van der Waals surface area (Å²) in [5.41, 5.74) is 4.62. The maximum atomic E-state index is 13.0. The van der Waals surface area contributed by atoms with Gasteiger partial charge in [-0.05, 0) is 37.3 Å². The van der Waals surface area contributed by atoms with E-state index < -0.39 is 0 Å². The maximum Gasteiger partial charge on any atom is 0.242 e. The lowest BCUT2D eigenvalue weighted by molar-refractivity contribution is -0.671. The first-order chi connectivity index (χ1) is 14.0. The zero-order valence-electron chi connectivity index (χ0n) is 17.6. The van der Waals surface area contributed by atoms with Crippen LogP contribution >= 0.6 is 0 Å². The molecule has 0 aliphatic carbocycles. The number of hydrogen-bond donors (Lipinski definition) is 0. The molecule has 2 aromatic heterocycles. The molecule has 29 heavy (non-hydrogen) atoms. The minimum absolute atomic E-state index is 0.229. The minimum Gasteiger partial charge on any atom is -0.341 e. The summed E-state index contributed by atoms with van der Waals surface area (Å²) in [7, 11) is 2.02. The molecule has 4 nitrogen and oxygen atoms in total. The highest BCUT2D eigenvalue weighted by molar-refractivity contribution is 5.94. The summed E-state index contributed by atoms with van der Waals surface area (Å²) in [6.07, 6.45) is 10.6. The van der Waals surface area contributed by atoms with Crippen LogP contribution < -0.4 is 4.57 Å². The zero-order valence-corrected chi connectivity index (χ0v) is 17.6. The molecular weight excluding hydrogens is 358 g/mol. The highest BCUT2D eigenvalue weighted by Crippen LogP contribution is 2.28. The molecule has 4 heteroatoms. The van der Waals surface area contributed by atoms with E-state index >= 15 is 0 Å². The number of carbonyl (C=O) groups excluding carboxylic acids is 1. The van der Waals surface area contributed by atoms with Crippen molar-refractivity contribution >= 4 is 29.0 Å². The van der Waals surface area contributed by atoms with Crippen LogP contribution in [-0.2, 0) is 18.4 Å². The first kappa shape index (κ1) is 19.4. The Morgan fingerprint density at radius 1 is 1.10 bits per heavy atom. The van der Waals surface area contributed by atoms with Gasteiger partial charge in [0.2, 0.25) is 5.91 Å². The van der Waals surface area contributed by atoms with E-state index in [0.29, 0.717) is 6.54 Å². The Labute approximate surface area is 173 Å². The van der Waals surface area contributed by atoms with E-state index in [1.165, 1.54) is 10.9 Å². The lowest BCUT2D eigenvalue weighted by Crippen LogP contribution is -2.39. The molecule has 0 bridgehead atoms. The van der Waals surface area contributed by atoms with E-state index in [1.807, 2.05) is 28.9 Å².